The van der Waals surface area contributed by atoms with Gasteiger partial charge in [-0.2, -0.15) is 0 Å². The van der Waals surface area contributed by atoms with Crippen LogP contribution in [0.1, 0.15) is 80.1 Å². The van der Waals surface area contributed by atoms with Crippen LogP contribution in [0.3, 0.4) is 0 Å². The third-order valence-corrected chi connectivity index (χ3v) is 3.64. The van der Waals surface area contributed by atoms with Crippen molar-refractivity contribution in [3.05, 3.63) is 0 Å². The lowest BCUT2D eigenvalue weighted by Gasteiger charge is -2.21. The van der Waals surface area contributed by atoms with Crippen LogP contribution in [0.2, 0.25) is 0 Å². The van der Waals surface area contributed by atoms with Gasteiger partial charge in [-0.05, 0) is 24.7 Å². The molecule has 0 radical (unpaired) electrons. The Morgan fingerprint density at radius 1 is 0.857 bits per heavy atom. The quantitative estimate of drug-likeness (QED) is 0.576. The molecule has 3 nitrogen and oxygen atoms in total. The van der Waals surface area contributed by atoms with Gasteiger partial charge in [0.15, 0.2) is 5.78 Å². The molecule has 3 heteroatoms. The Hall–Kier alpha value is -0.860. The van der Waals surface area contributed by atoms with Crippen LogP contribution in [0.4, 0.5) is 0 Å². The van der Waals surface area contributed by atoms with E-state index in [1.165, 1.54) is 12.8 Å². The summed E-state index contributed by atoms with van der Waals surface area (Å²) in [5.74, 6) is 1.29. The Morgan fingerprint density at radius 3 is 1.95 bits per heavy atom. The van der Waals surface area contributed by atoms with Crippen molar-refractivity contribution < 1.29 is 9.59 Å². The minimum absolute atomic E-state index is 0.0270. The minimum Gasteiger partial charge on any atom is -0.346 e. The molecule has 0 aliphatic rings. The highest BCUT2D eigenvalue weighted by Crippen LogP contribution is 2.12. The molecule has 21 heavy (non-hydrogen) atoms. The molecule has 0 aliphatic heterocycles. The number of ketones is 1. The van der Waals surface area contributed by atoms with Crippen molar-refractivity contribution in [3.8, 4) is 0 Å². The summed E-state index contributed by atoms with van der Waals surface area (Å²) < 4.78 is 0. The Balaban J connectivity index is 4.13. The third-order valence-electron chi connectivity index (χ3n) is 3.64. The van der Waals surface area contributed by atoms with E-state index in [1.54, 1.807) is 0 Å². The summed E-state index contributed by atoms with van der Waals surface area (Å²) in [4.78, 5) is 24.1. The van der Waals surface area contributed by atoms with E-state index in [9.17, 15) is 9.59 Å². The molecule has 1 unspecified atom stereocenters. The van der Waals surface area contributed by atoms with Crippen molar-refractivity contribution in [2.45, 2.75) is 86.1 Å². The van der Waals surface area contributed by atoms with Crippen LogP contribution in [0, 0.1) is 17.8 Å². The molecule has 0 aromatic rings. The monoisotopic (exact) mass is 297 g/mol. The van der Waals surface area contributed by atoms with Gasteiger partial charge >= 0.3 is 0 Å². The Kier molecular flexibility index (Phi) is 10.4. The fourth-order valence-corrected chi connectivity index (χ4v) is 2.40. The second kappa shape index (κ2) is 10.8. The predicted octanol–water partition coefficient (Wildman–Crippen LogP) is 4.35. The van der Waals surface area contributed by atoms with Crippen LogP contribution < -0.4 is 5.32 Å². The van der Waals surface area contributed by atoms with Crippen molar-refractivity contribution in [2.24, 2.45) is 17.8 Å². The highest BCUT2D eigenvalue weighted by Gasteiger charge is 2.23. The van der Waals surface area contributed by atoms with Crippen LogP contribution in [-0.2, 0) is 9.59 Å². The van der Waals surface area contributed by atoms with Gasteiger partial charge in [-0.3, -0.25) is 9.59 Å². The van der Waals surface area contributed by atoms with Gasteiger partial charge in [0.1, 0.15) is 0 Å². The summed E-state index contributed by atoms with van der Waals surface area (Å²) in [6.07, 6.45) is 5.70. The number of rotatable bonds is 11. The molecule has 0 bridgehead atoms. The second-order valence-corrected chi connectivity index (χ2v) is 7.30. The van der Waals surface area contributed by atoms with E-state index in [0.717, 1.165) is 25.2 Å². The van der Waals surface area contributed by atoms with E-state index < -0.39 is 0 Å². The molecule has 0 saturated heterocycles. The van der Waals surface area contributed by atoms with Gasteiger partial charge in [0, 0.05) is 12.3 Å². The molecule has 0 aromatic heterocycles. The Morgan fingerprint density at radius 2 is 1.48 bits per heavy atom. The molecule has 0 fully saturated rings. The lowest BCUT2D eigenvalue weighted by atomic mass is 9.94. The zero-order valence-electron chi connectivity index (χ0n) is 14.9. The smallest absolute Gasteiger partial charge is 0.220 e. The van der Waals surface area contributed by atoms with Crippen molar-refractivity contribution in [1.29, 1.82) is 0 Å². The van der Waals surface area contributed by atoms with Gasteiger partial charge in [0.05, 0.1) is 6.04 Å². The number of carbonyl (C=O) groups excluding carboxylic acids is 2. The molecule has 124 valence electrons. The van der Waals surface area contributed by atoms with E-state index in [1.807, 2.05) is 13.8 Å². The highest BCUT2D eigenvalue weighted by atomic mass is 16.2. The van der Waals surface area contributed by atoms with Gasteiger partial charge in [0.25, 0.3) is 0 Å². The molecule has 0 heterocycles. The van der Waals surface area contributed by atoms with Gasteiger partial charge < -0.3 is 5.32 Å². The number of nitrogens with one attached hydrogen (secondary N) is 1. The predicted molar refractivity (Wildman–Crippen MR) is 89.2 cm³/mol. The van der Waals surface area contributed by atoms with E-state index in [4.69, 9.17) is 0 Å². The largest absolute Gasteiger partial charge is 0.346 e. The first-order chi connectivity index (χ1) is 9.73. The molecule has 1 atom stereocenters. The maximum Gasteiger partial charge on any atom is 0.220 e. The molecule has 1 N–H and O–H groups in total. The molecule has 1 amide bonds. The van der Waals surface area contributed by atoms with Crippen LogP contribution >= 0.6 is 0 Å². The zero-order valence-corrected chi connectivity index (χ0v) is 14.9. The third kappa shape index (κ3) is 10.5. The van der Waals surface area contributed by atoms with E-state index >= 15 is 0 Å². The minimum atomic E-state index is -0.312. The first-order valence-corrected chi connectivity index (χ1v) is 8.57. The van der Waals surface area contributed by atoms with Crippen LogP contribution in [0.25, 0.3) is 0 Å². The van der Waals surface area contributed by atoms with Crippen LogP contribution in [0.15, 0.2) is 0 Å². The fraction of sp³-hybridized carbons (Fsp3) is 0.889. The van der Waals surface area contributed by atoms with Crippen LogP contribution in [-0.4, -0.2) is 17.7 Å². The average molecular weight is 297 g/mol. The second-order valence-electron chi connectivity index (χ2n) is 7.30. The van der Waals surface area contributed by atoms with Gasteiger partial charge in [0.2, 0.25) is 5.91 Å². The summed E-state index contributed by atoms with van der Waals surface area (Å²) >= 11 is 0. The molecular weight excluding hydrogens is 262 g/mol. The van der Waals surface area contributed by atoms with Gasteiger partial charge in [-0.15, -0.1) is 0 Å². The van der Waals surface area contributed by atoms with Crippen molar-refractivity contribution in [1.82, 2.24) is 5.32 Å². The Bertz CT molecular complexity index is 308. The molecule has 0 aliphatic carbocycles. The summed E-state index contributed by atoms with van der Waals surface area (Å²) in [5.41, 5.74) is 0. The molecular formula is C18H35NO2. The Labute approximate surface area is 131 Å². The number of unbranched alkanes of at least 4 members (excludes halogenated alkanes) is 2. The van der Waals surface area contributed by atoms with E-state index in [0.29, 0.717) is 12.3 Å². The fourth-order valence-electron chi connectivity index (χ4n) is 2.40. The van der Waals surface area contributed by atoms with Crippen LogP contribution in [0.5, 0.6) is 0 Å². The first kappa shape index (κ1) is 20.1. The van der Waals surface area contributed by atoms with Crippen molar-refractivity contribution in [2.75, 3.05) is 0 Å². The summed E-state index contributed by atoms with van der Waals surface area (Å²) in [7, 11) is 0. The van der Waals surface area contributed by atoms with E-state index in [-0.39, 0.29) is 23.7 Å². The molecule has 0 rings (SSSR count). The standard InChI is InChI=1S/C18H35NO2/c1-13(2)10-8-7-9-11-17(20)19-16(12-14(3)4)18(21)15(5)6/h13-16H,7-12H2,1-6H3,(H,19,20). The normalized spacial score (nSPS) is 13.0. The maximum absolute atomic E-state index is 12.2. The SMILES string of the molecule is CC(C)CCCCCC(=O)NC(CC(C)C)C(=O)C(C)C. The number of Topliss-reactive ketones (excluding diaryl/α,β-unsaturated/α-hetero) is 1. The van der Waals surface area contributed by atoms with Crippen molar-refractivity contribution in [3.63, 3.8) is 0 Å². The molecule has 0 saturated carbocycles. The zero-order chi connectivity index (χ0) is 16.4. The summed E-state index contributed by atoms with van der Waals surface area (Å²) in [6, 6.07) is -0.312. The van der Waals surface area contributed by atoms with Gasteiger partial charge in [-0.25, -0.2) is 0 Å². The highest BCUT2D eigenvalue weighted by molar-refractivity contribution is 5.90. The van der Waals surface area contributed by atoms with Crippen molar-refractivity contribution >= 4 is 11.7 Å². The molecule has 0 aromatic carbocycles. The lowest BCUT2D eigenvalue weighted by Crippen LogP contribution is -2.43. The maximum atomic E-state index is 12.2. The summed E-state index contributed by atoms with van der Waals surface area (Å²) in [5, 5.41) is 2.94. The number of hydrogen-bond donors (Lipinski definition) is 1. The topological polar surface area (TPSA) is 46.2 Å². The first-order valence-electron chi connectivity index (χ1n) is 8.57. The molecule has 0 spiro atoms. The van der Waals surface area contributed by atoms with E-state index in [2.05, 4.69) is 33.0 Å². The summed E-state index contributed by atoms with van der Waals surface area (Å²) in [6.45, 7) is 12.4. The lowest BCUT2D eigenvalue weighted by molar-refractivity contribution is -0.129. The number of hydrogen-bond acceptors (Lipinski definition) is 2. The van der Waals surface area contributed by atoms with Gasteiger partial charge in [-0.1, -0.05) is 60.8 Å². The number of amides is 1. The average Bonchev–Trinajstić information content (AvgIpc) is 2.35. The number of carbonyl (C=O) groups is 2.